The molecule has 0 unspecified atom stereocenters. The molecule has 1 heterocycles. The van der Waals surface area contributed by atoms with E-state index in [9.17, 15) is 9.59 Å². The Morgan fingerprint density at radius 3 is 2.52 bits per heavy atom. The molecule has 2 atom stereocenters. The second-order valence-electron chi connectivity index (χ2n) is 6.41. The van der Waals surface area contributed by atoms with Crippen LogP contribution < -0.4 is 15.4 Å². The number of nitrogens with one attached hydrogen (secondary N) is 2. The highest BCUT2D eigenvalue weighted by atomic mass is 16.5. The van der Waals surface area contributed by atoms with Crippen LogP contribution >= 0.6 is 0 Å². The van der Waals surface area contributed by atoms with Crippen molar-refractivity contribution >= 4 is 22.8 Å². The highest BCUT2D eigenvalue weighted by molar-refractivity contribution is 5.87. The van der Waals surface area contributed by atoms with E-state index in [0.717, 1.165) is 5.39 Å². The Morgan fingerprint density at radius 1 is 1.20 bits per heavy atom. The number of hydrogen-bond donors (Lipinski definition) is 2. The summed E-state index contributed by atoms with van der Waals surface area (Å²) in [5.41, 5.74) is 0.669. The number of amides is 2. The molecule has 6 nitrogen and oxygen atoms in total. The molecule has 0 saturated carbocycles. The minimum Gasteiger partial charge on any atom is -0.490 e. The van der Waals surface area contributed by atoms with Crippen molar-refractivity contribution in [2.24, 2.45) is 5.92 Å². The second-order valence-corrected chi connectivity index (χ2v) is 6.41. The smallest absolute Gasteiger partial charge is 0.243 e. The van der Waals surface area contributed by atoms with Crippen LogP contribution in [0.3, 0.4) is 0 Å². The fourth-order valence-corrected chi connectivity index (χ4v) is 2.67. The lowest BCUT2D eigenvalue weighted by Gasteiger charge is -2.22. The summed E-state index contributed by atoms with van der Waals surface area (Å²) in [6.45, 7) is 9.50. The van der Waals surface area contributed by atoms with Gasteiger partial charge in [-0.2, -0.15) is 0 Å². The molecule has 0 aliphatic heterocycles. The zero-order valence-corrected chi connectivity index (χ0v) is 15.4. The van der Waals surface area contributed by atoms with Crippen molar-refractivity contribution in [3.63, 3.8) is 0 Å². The van der Waals surface area contributed by atoms with Crippen LogP contribution in [0.4, 0.5) is 0 Å². The lowest BCUT2D eigenvalue weighted by molar-refractivity contribution is -0.129. The lowest BCUT2D eigenvalue weighted by Crippen LogP contribution is -2.49. The highest BCUT2D eigenvalue weighted by Crippen LogP contribution is 2.31. The van der Waals surface area contributed by atoms with Gasteiger partial charge >= 0.3 is 0 Å². The summed E-state index contributed by atoms with van der Waals surface area (Å²) in [4.78, 5) is 23.8. The molecule has 2 rings (SSSR count). The number of furan rings is 1. The van der Waals surface area contributed by atoms with Gasteiger partial charge < -0.3 is 19.8 Å². The summed E-state index contributed by atoms with van der Waals surface area (Å²) in [6, 6.07) is 6.68. The van der Waals surface area contributed by atoms with E-state index >= 15 is 0 Å². The summed E-state index contributed by atoms with van der Waals surface area (Å²) in [6.07, 6.45) is 0. The largest absolute Gasteiger partial charge is 0.490 e. The molecule has 2 aromatic rings. The summed E-state index contributed by atoms with van der Waals surface area (Å²) < 4.78 is 11.5. The van der Waals surface area contributed by atoms with Gasteiger partial charge in [0.15, 0.2) is 11.3 Å². The van der Waals surface area contributed by atoms with E-state index in [2.05, 4.69) is 10.6 Å². The molecule has 2 amide bonds. The molecule has 0 radical (unpaired) electrons. The third-order valence-electron chi connectivity index (χ3n) is 3.92. The first-order chi connectivity index (χ1) is 11.8. The number of ether oxygens (including phenoxy) is 1. The molecule has 1 aromatic heterocycles. The van der Waals surface area contributed by atoms with Crippen LogP contribution in [0.1, 0.15) is 46.4 Å². The van der Waals surface area contributed by atoms with Gasteiger partial charge in [0.2, 0.25) is 11.8 Å². The standard InChI is InChI=1S/C19H26N2O4/c1-6-24-15-9-7-8-14-10-16(25-18(14)15)12(4)20-19(23)17(11(2)3)21-13(5)22/h7-12,17H,6H2,1-5H3,(H,20,23)(H,21,22)/t12-,17-/m1/s1. The first-order valence-corrected chi connectivity index (χ1v) is 8.56. The predicted octanol–water partition coefficient (Wildman–Crippen LogP) is 3.17. The maximum absolute atomic E-state index is 12.5. The zero-order valence-electron chi connectivity index (χ0n) is 15.4. The Morgan fingerprint density at radius 2 is 1.92 bits per heavy atom. The number of carbonyl (C=O) groups is 2. The third-order valence-corrected chi connectivity index (χ3v) is 3.92. The van der Waals surface area contributed by atoms with Gasteiger partial charge in [-0.05, 0) is 31.9 Å². The first kappa shape index (κ1) is 18.8. The van der Waals surface area contributed by atoms with Crippen LogP contribution in [-0.2, 0) is 9.59 Å². The minimum atomic E-state index is -0.580. The van der Waals surface area contributed by atoms with Crippen LogP contribution in [-0.4, -0.2) is 24.5 Å². The van der Waals surface area contributed by atoms with Crippen molar-refractivity contribution in [2.75, 3.05) is 6.61 Å². The summed E-state index contributed by atoms with van der Waals surface area (Å²) in [5, 5.41) is 6.51. The summed E-state index contributed by atoms with van der Waals surface area (Å²) in [5.74, 6) is 0.843. The highest BCUT2D eigenvalue weighted by Gasteiger charge is 2.25. The van der Waals surface area contributed by atoms with Crippen molar-refractivity contribution in [3.8, 4) is 5.75 Å². The maximum Gasteiger partial charge on any atom is 0.243 e. The van der Waals surface area contributed by atoms with Gasteiger partial charge in [0.1, 0.15) is 11.8 Å². The molecule has 0 saturated heterocycles. The molecular weight excluding hydrogens is 320 g/mol. The topological polar surface area (TPSA) is 80.6 Å². The van der Waals surface area contributed by atoms with E-state index in [0.29, 0.717) is 23.7 Å². The Kier molecular flexibility index (Phi) is 6.07. The first-order valence-electron chi connectivity index (χ1n) is 8.56. The predicted molar refractivity (Wildman–Crippen MR) is 96.4 cm³/mol. The van der Waals surface area contributed by atoms with Crippen molar-refractivity contribution in [1.29, 1.82) is 0 Å². The third kappa shape index (κ3) is 4.53. The summed E-state index contributed by atoms with van der Waals surface area (Å²) >= 11 is 0. The van der Waals surface area contributed by atoms with Gasteiger partial charge in [0, 0.05) is 12.3 Å². The number of rotatable bonds is 7. The number of hydrogen-bond acceptors (Lipinski definition) is 4. The molecule has 2 N–H and O–H groups in total. The molecule has 1 aromatic carbocycles. The van der Waals surface area contributed by atoms with Crippen molar-refractivity contribution in [1.82, 2.24) is 10.6 Å². The van der Waals surface area contributed by atoms with Crippen molar-refractivity contribution in [3.05, 3.63) is 30.0 Å². The van der Waals surface area contributed by atoms with Crippen LogP contribution in [0.25, 0.3) is 11.0 Å². The molecule has 0 aliphatic carbocycles. The molecule has 6 heteroatoms. The number of fused-ring (bicyclic) bond motifs is 1. The van der Waals surface area contributed by atoms with Crippen molar-refractivity contribution in [2.45, 2.75) is 46.7 Å². The van der Waals surface area contributed by atoms with E-state index in [1.165, 1.54) is 6.92 Å². The van der Waals surface area contributed by atoms with Crippen LogP contribution in [0, 0.1) is 5.92 Å². The maximum atomic E-state index is 12.5. The van der Waals surface area contributed by atoms with Gasteiger partial charge in [-0.15, -0.1) is 0 Å². The fourth-order valence-electron chi connectivity index (χ4n) is 2.67. The van der Waals surface area contributed by atoms with Gasteiger partial charge in [-0.3, -0.25) is 9.59 Å². The van der Waals surface area contributed by atoms with Gasteiger partial charge in [-0.1, -0.05) is 26.0 Å². The van der Waals surface area contributed by atoms with E-state index in [4.69, 9.17) is 9.15 Å². The van der Waals surface area contributed by atoms with Gasteiger partial charge in [0.05, 0.1) is 12.6 Å². The Labute approximate surface area is 147 Å². The normalized spacial score (nSPS) is 13.5. The van der Waals surface area contributed by atoms with Gasteiger partial charge in [0.25, 0.3) is 0 Å². The van der Waals surface area contributed by atoms with E-state index in [-0.39, 0.29) is 23.8 Å². The Bertz CT molecular complexity index is 751. The second kappa shape index (κ2) is 8.05. The molecule has 136 valence electrons. The van der Waals surface area contributed by atoms with Crippen LogP contribution in [0.5, 0.6) is 5.75 Å². The van der Waals surface area contributed by atoms with E-state index in [1.54, 1.807) is 0 Å². The van der Waals surface area contributed by atoms with Gasteiger partial charge in [-0.25, -0.2) is 0 Å². The molecular formula is C19H26N2O4. The zero-order chi connectivity index (χ0) is 18.6. The Balaban J connectivity index is 2.18. The quantitative estimate of drug-likeness (QED) is 0.807. The Hall–Kier alpha value is -2.50. The van der Waals surface area contributed by atoms with Crippen molar-refractivity contribution < 1.29 is 18.7 Å². The van der Waals surface area contributed by atoms with Crippen LogP contribution in [0.15, 0.2) is 28.7 Å². The number of benzene rings is 1. The molecule has 0 spiro atoms. The van der Waals surface area contributed by atoms with E-state index < -0.39 is 6.04 Å². The summed E-state index contributed by atoms with van der Waals surface area (Å²) in [7, 11) is 0. The average molecular weight is 346 g/mol. The molecule has 0 bridgehead atoms. The average Bonchev–Trinajstić information content (AvgIpc) is 2.97. The number of para-hydroxylation sites is 1. The van der Waals surface area contributed by atoms with Crippen LogP contribution in [0.2, 0.25) is 0 Å². The molecule has 0 fully saturated rings. The SMILES string of the molecule is CCOc1cccc2cc([C@@H](C)NC(=O)[C@H](NC(C)=O)C(C)C)oc12. The minimum absolute atomic E-state index is 0.0173. The fraction of sp³-hybridized carbons (Fsp3) is 0.474. The number of carbonyl (C=O) groups excluding carboxylic acids is 2. The van der Waals surface area contributed by atoms with E-state index in [1.807, 2.05) is 52.0 Å². The monoisotopic (exact) mass is 346 g/mol. The molecule has 25 heavy (non-hydrogen) atoms. The lowest BCUT2D eigenvalue weighted by atomic mass is 10.0. The molecule has 0 aliphatic rings.